The molecule has 3 unspecified atom stereocenters. The molecule has 0 rings (SSSR count). The van der Waals surface area contributed by atoms with Gasteiger partial charge in [-0.05, 0) is 83.5 Å². The Kier molecular flexibility index (Phi) is 54.2. The van der Waals surface area contributed by atoms with Gasteiger partial charge >= 0.3 is 25.7 Å². The quantitative estimate of drug-likeness (QED) is 0.0197. The highest BCUT2D eigenvalue weighted by Gasteiger charge is 2.28. The first-order valence-electron chi connectivity index (χ1n) is 30.2. The smallest absolute Gasteiger partial charge is 0.462 e. The SMILES string of the molecule is CC/C=C\C/C=C\C/C=C\C/C=C\CCCCCCC(=O)OC(COC(=O)CCCCCCCCC/C=C\CCCCCCCC)COP(=O)(O)OCC(CO)OC(=O)CCCCCCCCCCCCCCC. The largest absolute Gasteiger partial charge is 0.472 e. The van der Waals surface area contributed by atoms with Crippen molar-refractivity contribution in [2.75, 3.05) is 26.4 Å². The molecule has 0 aromatic heterocycles. The predicted octanol–water partition coefficient (Wildman–Crippen LogP) is 17.9. The minimum Gasteiger partial charge on any atom is -0.462 e. The van der Waals surface area contributed by atoms with E-state index in [0.717, 1.165) is 96.3 Å². The Morgan fingerprint density at radius 3 is 1.09 bits per heavy atom. The number of ether oxygens (including phenoxy) is 3. The molecule has 11 nitrogen and oxygen atoms in total. The molecule has 0 heterocycles. The molecule has 3 atom stereocenters. The molecular formula is C62H111O11P. The maximum Gasteiger partial charge on any atom is 0.472 e. The summed E-state index contributed by atoms with van der Waals surface area (Å²) in [5.74, 6) is -1.49. The fraction of sp³-hybridized carbons (Fsp3) is 0.790. The standard InChI is InChI=1S/C62H111O11P/c1-4-7-10-13-16-19-22-25-27-29-31-34-36-39-42-45-48-51-60(64)69-55-59(73-62(66)53-50-47-44-41-38-35-32-30-28-26-23-20-17-14-11-8-5-2)57-71-74(67,68)70-56-58(54-63)72-61(65)52-49-46-43-40-37-33-24-21-18-15-12-9-6-3/h8,11,17,20,25-28,32,35,58-59,63H,4-7,9-10,12-16,18-19,21-24,29-31,33-34,36-57H2,1-3H3,(H,67,68)/b11-8-,20-17-,27-25-,28-26-,35-32-. The van der Waals surface area contributed by atoms with Gasteiger partial charge in [-0.25, -0.2) is 4.57 Å². The van der Waals surface area contributed by atoms with Gasteiger partial charge in [-0.3, -0.25) is 23.4 Å². The Morgan fingerprint density at radius 2 is 0.703 bits per heavy atom. The van der Waals surface area contributed by atoms with Crippen LogP contribution in [0.3, 0.4) is 0 Å². The zero-order valence-electron chi connectivity index (χ0n) is 47.6. The number of rotatable bonds is 56. The number of hydrogen-bond donors (Lipinski definition) is 2. The summed E-state index contributed by atoms with van der Waals surface area (Å²) in [5, 5.41) is 9.82. The van der Waals surface area contributed by atoms with Crippen LogP contribution >= 0.6 is 7.82 Å². The number of unbranched alkanes of at least 4 members (excludes halogenated alkanes) is 29. The Labute approximate surface area is 453 Å². The second-order valence-corrected chi connectivity index (χ2v) is 21.6. The van der Waals surface area contributed by atoms with Gasteiger partial charge in [-0.15, -0.1) is 0 Å². The molecule has 0 spiro atoms. The van der Waals surface area contributed by atoms with Crippen molar-refractivity contribution < 1.29 is 52.2 Å². The van der Waals surface area contributed by atoms with E-state index >= 15 is 0 Å². The Morgan fingerprint density at radius 1 is 0.392 bits per heavy atom. The summed E-state index contributed by atoms with van der Waals surface area (Å²) >= 11 is 0. The average Bonchev–Trinajstić information content (AvgIpc) is 3.39. The lowest BCUT2D eigenvalue weighted by Crippen LogP contribution is -2.30. The van der Waals surface area contributed by atoms with Crippen LogP contribution in [0.15, 0.2) is 60.8 Å². The first kappa shape index (κ1) is 71.2. The van der Waals surface area contributed by atoms with E-state index < -0.39 is 57.8 Å². The second-order valence-electron chi connectivity index (χ2n) is 20.1. The van der Waals surface area contributed by atoms with E-state index in [1.807, 2.05) is 0 Å². The summed E-state index contributed by atoms with van der Waals surface area (Å²) in [6.07, 6.45) is 61.7. The van der Waals surface area contributed by atoms with Crippen LogP contribution in [0.1, 0.15) is 278 Å². The Hall–Kier alpha value is -2.82. The zero-order chi connectivity index (χ0) is 54.1. The van der Waals surface area contributed by atoms with E-state index in [0.29, 0.717) is 19.3 Å². The summed E-state index contributed by atoms with van der Waals surface area (Å²) in [4.78, 5) is 48.6. The minimum absolute atomic E-state index is 0.139. The third kappa shape index (κ3) is 54.0. The number of aliphatic hydroxyl groups is 1. The number of phosphoric ester groups is 1. The molecule has 0 bridgehead atoms. The van der Waals surface area contributed by atoms with E-state index in [9.17, 15) is 28.9 Å². The predicted molar refractivity (Wildman–Crippen MR) is 307 cm³/mol. The van der Waals surface area contributed by atoms with Crippen LogP contribution in [0, 0.1) is 0 Å². The van der Waals surface area contributed by atoms with Crippen molar-refractivity contribution in [3.05, 3.63) is 60.8 Å². The third-order valence-corrected chi connectivity index (χ3v) is 13.9. The van der Waals surface area contributed by atoms with Gasteiger partial charge in [0.25, 0.3) is 0 Å². The van der Waals surface area contributed by atoms with Gasteiger partial charge in [0, 0.05) is 19.3 Å². The number of aliphatic hydroxyl groups excluding tert-OH is 1. The highest BCUT2D eigenvalue weighted by molar-refractivity contribution is 7.47. The summed E-state index contributed by atoms with van der Waals surface area (Å²) in [6.45, 7) is 4.53. The maximum atomic E-state index is 12.9. The van der Waals surface area contributed by atoms with Crippen molar-refractivity contribution in [1.82, 2.24) is 0 Å². The molecule has 0 fully saturated rings. The van der Waals surface area contributed by atoms with Gasteiger partial charge in [0.1, 0.15) is 12.7 Å². The first-order valence-corrected chi connectivity index (χ1v) is 31.7. The third-order valence-electron chi connectivity index (χ3n) is 12.9. The molecule has 0 aromatic rings. The molecule has 0 amide bonds. The lowest BCUT2D eigenvalue weighted by Gasteiger charge is -2.21. The van der Waals surface area contributed by atoms with E-state index in [1.165, 1.54) is 122 Å². The number of esters is 3. The molecule has 430 valence electrons. The summed E-state index contributed by atoms with van der Waals surface area (Å²) < 4.78 is 39.6. The van der Waals surface area contributed by atoms with E-state index in [2.05, 4.69) is 81.5 Å². The molecule has 0 aliphatic heterocycles. The first-order chi connectivity index (χ1) is 36.2. The fourth-order valence-corrected chi connectivity index (χ4v) is 9.13. The van der Waals surface area contributed by atoms with Crippen molar-refractivity contribution >= 4 is 25.7 Å². The molecule has 0 aliphatic carbocycles. The van der Waals surface area contributed by atoms with Gasteiger partial charge < -0.3 is 24.2 Å². The molecule has 74 heavy (non-hydrogen) atoms. The normalized spacial score (nSPS) is 13.7. The van der Waals surface area contributed by atoms with E-state index in [1.54, 1.807) is 0 Å². The van der Waals surface area contributed by atoms with Gasteiger partial charge in [0.15, 0.2) is 6.10 Å². The summed E-state index contributed by atoms with van der Waals surface area (Å²) in [6, 6.07) is 0. The van der Waals surface area contributed by atoms with Crippen molar-refractivity contribution in [2.24, 2.45) is 0 Å². The van der Waals surface area contributed by atoms with E-state index in [-0.39, 0.29) is 25.9 Å². The monoisotopic (exact) mass is 1060 g/mol. The van der Waals surface area contributed by atoms with Crippen molar-refractivity contribution in [3.8, 4) is 0 Å². The lowest BCUT2D eigenvalue weighted by atomic mass is 10.0. The average molecular weight is 1060 g/mol. The number of allylic oxidation sites excluding steroid dienone is 10. The minimum atomic E-state index is -4.75. The van der Waals surface area contributed by atoms with Crippen LogP contribution in [0.5, 0.6) is 0 Å². The van der Waals surface area contributed by atoms with Crippen LogP contribution in [0.2, 0.25) is 0 Å². The van der Waals surface area contributed by atoms with Crippen LogP contribution in [-0.2, 0) is 42.2 Å². The summed E-state index contributed by atoms with van der Waals surface area (Å²) in [5.41, 5.74) is 0. The molecule has 0 aromatic carbocycles. The second kappa shape index (κ2) is 56.4. The highest BCUT2D eigenvalue weighted by Crippen LogP contribution is 2.43. The van der Waals surface area contributed by atoms with Crippen molar-refractivity contribution in [1.29, 1.82) is 0 Å². The molecular weight excluding hydrogens is 952 g/mol. The van der Waals surface area contributed by atoms with Crippen LogP contribution < -0.4 is 0 Å². The topological polar surface area (TPSA) is 155 Å². The Balaban J connectivity index is 4.75. The van der Waals surface area contributed by atoms with Gasteiger partial charge in [0.05, 0.1) is 19.8 Å². The number of carbonyl (C=O) groups is 3. The molecule has 12 heteroatoms. The van der Waals surface area contributed by atoms with Crippen molar-refractivity contribution in [2.45, 2.75) is 290 Å². The van der Waals surface area contributed by atoms with Crippen LogP contribution in [-0.4, -0.2) is 66.5 Å². The number of carbonyl (C=O) groups excluding carboxylic acids is 3. The van der Waals surface area contributed by atoms with Crippen LogP contribution in [0.25, 0.3) is 0 Å². The van der Waals surface area contributed by atoms with Crippen LogP contribution in [0.4, 0.5) is 0 Å². The summed E-state index contributed by atoms with van der Waals surface area (Å²) in [7, 11) is -4.75. The molecule has 0 saturated carbocycles. The van der Waals surface area contributed by atoms with E-state index in [4.69, 9.17) is 23.3 Å². The Bertz CT molecular complexity index is 1470. The lowest BCUT2D eigenvalue weighted by molar-refractivity contribution is -0.161. The maximum absolute atomic E-state index is 12.9. The molecule has 2 N–H and O–H groups in total. The zero-order valence-corrected chi connectivity index (χ0v) is 48.5. The molecule has 0 radical (unpaired) electrons. The van der Waals surface area contributed by atoms with Crippen molar-refractivity contribution in [3.63, 3.8) is 0 Å². The molecule has 0 aliphatic rings. The fourth-order valence-electron chi connectivity index (χ4n) is 8.34. The van der Waals surface area contributed by atoms with Gasteiger partial charge in [-0.2, -0.15) is 0 Å². The molecule has 0 saturated heterocycles. The number of phosphoric acid groups is 1. The van der Waals surface area contributed by atoms with Gasteiger partial charge in [0.2, 0.25) is 0 Å². The highest BCUT2D eigenvalue weighted by atomic mass is 31.2. The van der Waals surface area contributed by atoms with Gasteiger partial charge in [-0.1, -0.05) is 236 Å². The number of hydrogen-bond acceptors (Lipinski definition) is 10.